The number of phenols is 1. The van der Waals surface area contributed by atoms with Crippen LogP contribution in [0.4, 0.5) is 0 Å². The van der Waals surface area contributed by atoms with E-state index in [0.29, 0.717) is 18.4 Å². The zero-order valence-electron chi connectivity index (χ0n) is 19.0. The number of aromatic hydroxyl groups is 2. The maximum Gasteiger partial charge on any atom is 0.249 e. The first-order chi connectivity index (χ1) is 16.7. The fourth-order valence-corrected chi connectivity index (χ4v) is 3.85. The highest BCUT2D eigenvalue weighted by Crippen LogP contribution is 2.37. The van der Waals surface area contributed by atoms with Crippen molar-refractivity contribution < 1.29 is 33.5 Å². The standard InChI is InChI=1S/C23H24N4O8/c1-11-7-16(29)21(32)22(34-11)13(12-3-5-15(28)17(8-12)33-2)9-20(31)24-10-18-26-23(35-27-18)14-4-6-19(30)25-14/h3,5,7-8,13-14,28,32H,4,6,9-10H2,1-2H3,(H,24,31)(H,25,30)/t13-,14-/m1/s1. The Labute approximate surface area is 198 Å². The van der Waals surface area contributed by atoms with Gasteiger partial charge >= 0.3 is 0 Å². The predicted octanol–water partition coefficient (Wildman–Crippen LogP) is 1.54. The van der Waals surface area contributed by atoms with Gasteiger partial charge in [0, 0.05) is 18.9 Å². The van der Waals surface area contributed by atoms with E-state index in [9.17, 15) is 24.6 Å². The van der Waals surface area contributed by atoms with Crippen LogP contribution >= 0.6 is 0 Å². The van der Waals surface area contributed by atoms with Crippen LogP contribution < -0.4 is 20.8 Å². The SMILES string of the molecule is COc1cc([C@@H](CC(=O)NCc2noc([C@H]3CCC(=O)N3)n2)c2oc(C)cc(=O)c2O)ccc1O. The van der Waals surface area contributed by atoms with Gasteiger partial charge in [0.25, 0.3) is 0 Å². The Morgan fingerprint density at radius 3 is 2.83 bits per heavy atom. The molecule has 12 heteroatoms. The zero-order chi connectivity index (χ0) is 25.1. The van der Waals surface area contributed by atoms with Crippen molar-refractivity contribution >= 4 is 11.8 Å². The molecule has 1 fully saturated rings. The van der Waals surface area contributed by atoms with E-state index in [2.05, 4.69) is 20.8 Å². The highest BCUT2D eigenvalue weighted by atomic mass is 16.5. The van der Waals surface area contributed by atoms with Crippen molar-refractivity contribution in [1.82, 2.24) is 20.8 Å². The minimum absolute atomic E-state index is 0.0433. The highest BCUT2D eigenvalue weighted by molar-refractivity contribution is 5.78. The Hall–Kier alpha value is -4.35. The van der Waals surface area contributed by atoms with Crippen molar-refractivity contribution in [2.24, 2.45) is 0 Å². The largest absolute Gasteiger partial charge is 0.504 e. The molecule has 1 aliphatic rings. The second-order valence-electron chi connectivity index (χ2n) is 8.11. The Morgan fingerprint density at radius 1 is 1.31 bits per heavy atom. The van der Waals surface area contributed by atoms with Gasteiger partial charge in [-0.1, -0.05) is 11.2 Å². The first-order valence-corrected chi connectivity index (χ1v) is 10.8. The van der Waals surface area contributed by atoms with Crippen LogP contribution in [0.3, 0.4) is 0 Å². The van der Waals surface area contributed by atoms with Gasteiger partial charge in [0.15, 0.2) is 23.1 Å². The number of hydrogen-bond acceptors (Lipinski definition) is 10. The number of rotatable bonds is 8. The van der Waals surface area contributed by atoms with E-state index in [1.165, 1.54) is 19.2 Å². The van der Waals surface area contributed by atoms with Crippen molar-refractivity contribution in [1.29, 1.82) is 0 Å². The fourth-order valence-electron chi connectivity index (χ4n) is 3.85. The van der Waals surface area contributed by atoms with Gasteiger partial charge in [-0.15, -0.1) is 0 Å². The van der Waals surface area contributed by atoms with Gasteiger partial charge in [0.2, 0.25) is 28.9 Å². The van der Waals surface area contributed by atoms with Crippen molar-refractivity contribution in [2.75, 3.05) is 7.11 Å². The molecule has 2 aromatic heterocycles. The fraction of sp³-hybridized carbons (Fsp3) is 0.348. The zero-order valence-corrected chi connectivity index (χ0v) is 19.0. The summed E-state index contributed by atoms with van der Waals surface area (Å²) in [5, 5.41) is 29.6. The molecule has 0 unspecified atom stereocenters. The summed E-state index contributed by atoms with van der Waals surface area (Å²) in [6.07, 6.45) is 0.720. The monoisotopic (exact) mass is 484 g/mol. The van der Waals surface area contributed by atoms with E-state index in [1.54, 1.807) is 13.0 Å². The Morgan fingerprint density at radius 2 is 2.11 bits per heavy atom. The van der Waals surface area contributed by atoms with E-state index in [1.807, 2.05) is 0 Å². The minimum atomic E-state index is -0.869. The maximum absolute atomic E-state index is 12.8. The molecule has 1 saturated heterocycles. The summed E-state index contributed by atoms with van der Waals surface area (Å²) >= 11 is 0. The van der Waals surface area contributed by atoms with Gasteiger partial charge in [-0.05, 0) is 31.0 Å². The quantitative estimate of drug-likeness (QED) is 0.367. The first kappa shape index (κ1) is 23.8. The van der Waals surface area contributed by atoms with E-state index in [-0.39, 0.29) is 59.6 Å². The lowest BCUT2D eigenvalue weighted by molar-refractivity contribution is -0.121. The number of aromatic nitrogens is 2. The molecule has 0 saturated carbocycles. The molecule has 4 N–H and O–H groups in total. The summed E-state index contributed by atoms with van der Waals surface area (Å²) in [6.45, 7) is 1.51. The molecule has 2 amide bonds. The van der Waals surface area contributed by atoms with Crippen LogP contribution in [0.15, 0.2) is 38.0 Å². The molecule has 0 aliphatic carbocycles. The summed E-state index contributed by atoms with van der Waals surface area (Å²) in [6, 6.07) is 5.22. The van der Waals surface area contributed by atoms with Gasteiger partial charge < -0.3 is 34.5 Å². The summed E-state index contributed by atoms with van der Waals surface area (Å²) in [7, 11) is 1.38. The normalized spacial score (nSPS) is 16.1. The molecular weight excluding hydrogens is 460 g/mol. The molecule has 3 heterocycles. The average molecular weight is 484 g/mol. The molecule has 0 radical (unpaired) electrons. The van der Waals surface area contributed by atoms with Gasteiger partial charge in [0.05, 0.1) is 19.6 Å². The summed E-state index contributed by atoms with van der Waals surface area (Å²) in [5.41, 5.74) is -0.170. The number of ether oxygens (including phenoxy) is 1. The van der Waals surface area contributed by atoms with E-state index in [0.717, 1.165) is 6.07 Å². The lowest BCUT2D eigenvalue weighted by Gasteiger charge is -2.18. The number of phenolic OH excluding ortho intramolecular Hbond substituents is 1. The molecular formula is C23H24N4O8. The summed E-state index contributed by atoms with van der Waals surface area (Å²) in [4.78, 5) is 40.6. The lowest BCUT2D eigenvalue weighted by Crippen LogP contribution is -2.26. The number of benzene rings is 1. The van der Waals surface area contributed by atoms with Crippen molar-refractivity contribution in [3.05, 3.63) is 63.3 Å². The van der Waals surface area contributed by atoms with E-state index >= 15 is 0 Å². The topological polar surface area (TPSA) is 177 Å². The minimum Gasteiger partial charge on any atom is -0.504 e. The second kappa shape index (κ2) is 9.87. The molecule has 0 spiro atoms. The van der Waals surface area contributed by atoms with Crippen LogP contribution in [0.25, 0.3) is 0 Å². The van der Waals surface area contributed by atoms with E-state index in [4.69, 9.17) is 13.7 Å². The number of carbonyl (C=O) groups excluding carboxylic acids is 2. The van der Waals surface area contributed by atoms with Crippen molar-refractivity contribution in [3.63, 3.8) is 0 Å². The summed E-state index contributed by atoms with van der Waals surface area (Å²) in [5.74, 6) is -1.32. The summed E-state index contributed by atoms with van der Waals surface area (Å²) < 4.78 is 16.0. The third kappa shape index (κ3) is 5.26. The molecule has 0 bridgehead atoms. The lowest BCUT2D eigenvalue weighted by atomic mass is 9.91. The number of amides is 2. The molecule has 2 atom stereocenters. The Bertz CT molecular complexity index is 1320. The molecule has 12 nitrogen and oxygen atoms in total. The number of hydrogen-bond donors (Lipinski definition) is 4. The molecule has 35 heavy (non-hydrogen) atoms. The van der Waals surface area contributed by atoms with Gasteiger partial charge in [-0.25, -0.2) is 0 Å². The smallest absolute Gasteiger partial charge is 0.249 e. The number of methoxy groups -OCH3 is 1. The number of nitrogens with one attached hydrogen (secondary N) is 2. The van der Waals surface area contributed by atoms with Gasteiger partial charge in [-0.2, -0.15) is 4.98 Å². The second-order valence-corrected chi connectivity index (χ2v) is 8.11. The highest BCUT2D eigenvalue weighted by Gasteiger charge is 2.28. The molecule has 3 aromatic rings. The number of nitrogens with zero attached hydrogens (tertiary/aromatic N) is 2. The molecule has 1 aliphatic heterocycles. The molecule has 184 valence electrons. The van der Waals surface area contributed by atoms with Crippen LogP contribution in [0.1, 0.15) is 60.0 Å². The average Bonchev–Trinajstić information content (AvgIpc) is 3.48. The van der Waals surface area contributed by atoms with Crippen LogP contribution in [0, 0.1) is 6.92 Å². The van der Waals surface area contributed by atoms with Crippen molar-refractivity contribution in [2.45, 2.75) is 44.7 Å². The van der Waals surface area contributed by atoms with Crippen LogP contribution in [-0.2, 0) is 16.1 Å². The number of aryl methyl sites for hydroxylation is 1. The van der Waals surface area contributed by atoms with E-state index < -0.39 is 23.0 Å². The maximum atomic E-state index is 12.8. The molecule has 1 aromatic carbocycles. The molecule has 4 rings (SSSR count). The van der Waals surface area contributed by atoms with Crippen LogP contribution in [0.5, 0.6) is 17.2 Å². The number of carbonyl (C=O) groups is 2. The third-order valence-electron chi connectivity index (χ3n) is 5.61. The van der Waals surface area contributed by atoms with Crippen molar-refractivity contribution in [3.8, 4) is 17.2 Å². The third-order valence-corrected chi connectivity index (χ3v) is 5.61. The van der Waals surface area contributed by atoms with Gasteiger partial charge in [0.1, 0.15) is 11.8 Å². The van der Waals surface area contributed by atoms with Crippen LogP contribution in [0.2, 0.25) is 0 Å². The Kier molecular flexibility index (Phi) is 6.71. The predicted molar refractivity (Wildman–Crippen MR) is 119 cm³/mol. The first-order valence-electron chi connectivity index (χ1n) is 10.8. The van der Waals surface area contributed by atoms with Crippen LogP contribution in [-0.4, -0.2) is 39.3 Å². The van der Waals surface area contributed by atoms with Gasteiger partial charge in [-0.3, -0.25) is 14.4 Å². The Balaban J connectivity index is 1.53.